The molecule has 2 amide bonds. The lowest BCUT2D eigenvalue weighted by atomic mass is 10.1. The van der Waals surface area contributed by atoms with Crippen molar-refractivity contribution in [1.82, 2.24) is 10.6 Å². The molecule has 0 saturated carbocycles. The summed E-state index contributed by atoms with van der Waals surface area (Å²) in [4.78, 5) is 34.4. The second-order valence-electron chi connectivity index (χ2n) is 5.31. The Morgan fingerprint density at radius 1 is 1.20 bits per heavy atom. The fourth-order valence-electron chi connectivity index (χ4n) is 2.08. The van der Waals surface area contributed by atoms with Gasteiger partial charge in [0.25, 0.3) is 11.6 Å². The largest absolute Gasteiger partial charge is 0.350 e. The van der Waals surface area contributed by atoms with Crippen LogP contribution in [0.1, 0.15) is 22.8 Å². The van der Waals surface area contributed by atoms with E-state index in [9.17, 15) is 19.7 Å². The number of carbonyl (C=O) groups excluding carboxylic acids is 2. The first kappa shape index (κ1) is 18.4. The molecule has 25 heavy (non-hydrogen) atoms. The Balaban J connectivity index is 1.94. The molecular weight excluding hydrogens is 346 g/mol. The molecule has 0 saturated heterocycles. The van der Waals surface area contributed by atoms with E-state index in [-0.39, 0.29) is 17.8 Å². The molecule has 0 aliphatic rings. The highest BCUT2D eigenvalue weighted by Gasteiger charge is 2.18. The molecule has 2 N–H and O–H groups in total. The first-order valence-electron chi connectivity index (χ1n) is 7.45. The average molecular weight is 362 g/mol. The second-order valence-corrected chi connectivity index (χ2v) is 5.72. The van der Waals surface area contributed by atoms with Crippen LogP contribution in [-0.2, 0) is 11.3 Å². The molecule has 7 nitrogen and oxygen atoms in total. The SMILES string of the molecule is C[C@H](NC(=O)c1cccc([N+](=O)[O-])c1)C(=O)NCc1ccccc1Cl. The van der Waals surface area contributed by atoms with Crippen molar-refractivity contribution in [1.29, 1.82) is 0 Å². The summed E-state index contributed by atoms with van der Waals surface area (Å²) in [7, 11) is 0. The molecule has 0 fully saturated rings. The van der Waals surface area contributed by atoms with E-state index >= 15 is 0 Å². The number of halogens is 1. The average Bonchev–Trinajstić information content (AvgIpc) is 2.60. The fraction of sp³-hybridized carbons (Fsp3) is 0.176. The Labute approximate surface area is 149 Å². The maximum Gasteiger partial charge on any atom is 0.270 e. The minimum Gasteiger partial charge on any atom is -0.350 e. The summed E-state index contributed by atoms with van der Waals surface area (Å²) in [6.07, 6.45) is 0. The van der Waals surface area contributed by atoms with Gasteiger partial charge >= 0.3 is 0 Å². The molecule has 0 aromatic heterocycles. The van der Waals surface area contributed by atoms with E-state index in [0.29, 0.717) is 5.02 Å². The minimum atomic E-state index is -0.811. The van der Waals surface area contributed by atoms with Gasteiger partial charge in [-0.05, 0) is 24.6 Å². The number of non-ortho nitro benzene ring substituents is 1. The summed E-state index contributed by atoms with van der Waals surface area (Å²) in [5.74, 6) is -0.956. The lowest BCUT2D eigenvalue weighted by Gasteiger charge is -2.14. The fourth-order valence-corrected chi connectivity index (χ4v) is 2.29. The van der Waals surface area contributed by atoms with Crippen LogP contribution in [0.5, 0.6) is 0 Å². The highest BCUT2D eigenvalue weighted by molar-refractivity contribution is 6.31. The van der Waals surface area contributed by atoms with Crippen LogP contribution in [0, 0.1) is 10.1 Å². The third-order valence-electron chi connectivity index (χ3n) is 3.47. The van der Waals surface area contributed by atoms with E-state index in [1.165, 1.54) is 25.1 Å². The van der Waals surface area contributed by atoms with Crippen molar-refractivity contribution in [3.05, 3.63) is 74.8 Å². The predicted molar refractivity (Wildman–Crippen MR) is 93.3 cm³/mol. The quantitative estimate of drug-likeness (QED) is 0.610. The van der Waals surface area contributed by atoms with Crippen molar-refractivity contribution < 1.29 is 14.5 Å². The topological polar surface area (TPSA) is 101 Å². The monoisotopic (exact) mass is 361 g/mol. The first-order valence-corrected chi connectivity index (χ1v) is 7.82. The third-order valence-corrected chi connectivity index (χ3v) is 3.84. The molecule has 0 aliphatic heterocycles. The van der Waals surface area contributed by atoms with Gasteiger partial charge in [-0.2, -0.15) is 0 Å². The summed E-state index contributed by atoms with van der Waals surface area (Å²) in [5.41, 5.74) is 0.679. The molecule has 8 heteroatoms. The van der Waals surface area contributed by atoms with E-state index < -0.39 is 22.8 Å². The zero-order chi connectivity index (χ0) is 18.4. The number of nitro benzene ring substituents is 1. The van der Waals surface area contributed by atoms with Crippen LogP contribution in [-0.4, -0.2) is 22.8 Å². The Morgan fingerprint density at radius 2 is 1.92 bits per heavy atom. The number of hydrogen-bond acceptors (Lipinski definition) is 4. The number of nitro groups is 1. The van der Waals surface area contributed by atoms with E-state index in [0.717, 1.165) is 11.6 Å². The van der Waals surface area contributed by atoms with Crippen molar-refractivity contribution in [2.75, 3.05) is 0 Å². The van der Waals surface area contributed by atoms with Gasteiger partial charge in [0, 0.05) is 29.3 Å². The summed E-state index contributed by atoms with van der Waals surface area (Å²) < 4.78 is 0. The van der Waals surface area contributed by atoms with Gasteiger partial charge in [0.1, 0.15) is 6.04 Å². The molecule has 0 spiro atoms. The normalized spacial score (nSPS) is 11.4. The zero-order valence-electron chi connectivity index (χ0n) is 13.4. The summed E-state index contributed by atoms with van der Waals surface area (Å²) in [6, 6.07) is 11.6. The smallest absolute Gasteiger partial charge is 0.270 e. The highest BCUT2D eigenvalue weighted by atomic mass is 35.5. The molecule has 0 aliphatic carbocycles. The molecule has 1 atom stereocenters. The van der Waals surface area contributed by atoms with Crippen molar-refractivity contribution in [2.24, 2.45) is 0 Å². The van der Waals surface area contributed by atoms with Crippen molar-refractivity contribution >= 4 is 29.1 Å². The van der Waals surface area contributed by atoms with Crippen molar-refractivity contribution in [2.45, 2.75) is 19.5 Å². The van der Waals surface area contributed by atoms with Gasteiger partial charge in [0.05, 0.1) is 4.92 Å². The van der Waals surface area contributed by atoms with Gasteiger partial charge in [-0.1, -0.05) is 35.9 Å². The van der Waals surface area contributed by atoms with Gasteiger partial charge in [-0.15, -0.1) is 0 Å². The van der Waals surface area contributed by atoms with E-state index in [2.05, 4.69) is 10.6 Å². The first-order chi connectivity index (χ1) is 11.9. The standard InChI is InChI=1S/C17H16ClN3O4/c1-11(16(22)19-10-13-5-2-3-8-15(13)18)20-17(23)12-6-4-7-14(9-12)21(24)25/h2-9,11H,10H2,1H3,(H,19,22)(H,20,23)/t11-/m0/s1. The summed E-state index contributed by atoms with van der Waals surface area (Å²) >= 11 is 6.02. The molecule has 0 radical (unpaired) electrons. The molecule has 0 bridgehead atoms. The van der Waals surface area contributed by atoms with Crippen LogP contribution in [0.25, 0.3) is 0 Å². The number of carbonyl (C=O) groups is 2. The Kier molecular flexibility index (Phi) is 6.08. The van der Waals surface area contributed by atoms with Crippen LogP contribution >= 0.6 is 11.6 Å². The van der Waals surface area contributed by atoms with Gasteiger partial charge in [-0.25, -0.2) is 0 Å². The molecular formula is C17H16ClN3O4. The minimum absolute atomic E-state index is 0.111. The third kappa shape index (κ3) is 5.02. The van der Waals surface area contributed by atoms with Crippen molar-refractivity contribution in [3.8, 4) is 0 Å². The van der Waals surface area contributed by atoms with E-state index in [4.69, 9.17) is 11.6 Å². The summed E-state index contributed by atoms with van der Waals surface area (Å²) in [5, 5.41) is 16.5. The van der Waals surface area contributed by atoms with Crippen LogP contribution in [0.15, 0.2) is 48.5 Å². The van der Waals surface area contributed by atoms with Gasteiger partial charge in [0.15, 0.2) is 0 Å². The molecule has 130 valence electrons. The molecule has 2 aromatic rings. The van der Waals surface area contributed by atoms with Crippen LogP contribution in [0.4, 0.5) is 5.69 Å². The number of hydrogen-bond donors (Lipinski definition) is 2. The lowest BCUT2D eigenvalue weighted by Crippen LogP contribution is -2.44. The number of rotatable bonds is 6. The maximum absolute atomic E-state index is 12.1. The maximum atomic E-state index is 12.1. The number of benzene rings is 2. The van der Waals surface area contributed by atoms with Gasteiger partial charge < -0.3 is 10.6 Å². The molecule has 0 heterocycles. The number of amides is 2. The van der Waals surface area contributed by atoms with Crippen LogP contribution in [0.3, 0.4) is 0 Å². The van der Waals surface area contributed by atoms with Crippen LogP contribution in [0.2, 0.25) is 5.02 Å². The van der Waals surface area contributed by atoms with Gasteiger partial charge in [0.2, 0.25) is 5.91 Å². The van der Waals surface area contributed by atoms with E-state index in [1.807, 2.05) is 0 Å². The number of nitrogens with zero attached hydrogens (tertiary/aromatic N) is 1. The number of nitrogens with one attached hydrogen (secondary N) is 2. The molecule has 2 aromatic carbocycles. The Bertz CT molecular complexity index is 810. The van der Waals surface area contributed by atoms with Crippen molar-refractivity contribution in [3.63, 3.8) is 0 Å². The van der Waals surface area contributed by atoms with Gasteiger partial charge in [-0.3, -0.25) is 19.7 Å². The Hall–Kier alpha value is -2.93. The molecule has 2 rings (SSSR count). The second kappa shape index (κ2) is 8.25. The zero-order valence-corrected chi connectivity index (χ0v) is 14.1. The molecule has 0 unspecified atom stereocenters. The summed E-state index contributed by atoms with van der Waals surface area (Å²) in [6.45, 7) is 1.76. The van der Waals surface area contributed by atoms with Crippen LogP contribution < -0.4 is 10.6 Å². The predicted octanol–water partition coefficient (Wildman–Crippen LogP) is 2.68. The Morgan fingerprint density at radius 3 is 2.60 bits per heavy atom. The lowest BCUT2D eigenvalue weighted by molar-refractivity contribution is -0.384. The van der Waals surface area contributed by atoms with E-state index in [1.54, 1.807) is 24.3 Å². The highest BCUT2D eigenvalue weighted by Crippen LogP contribution is 2.15.